The fourth-order valence-corrected chi connectivity index (χ4v) is 6.36. The number of carbonyl (C=O) groups excluding carboxylic acids is 3. The fraction of sp³-hybridized carbons (Fsp3) is 0.569. The first-order chi connectivity index (χ1) is 31.5. The van der Waals surface area contributed by atoms with Gasteiger partial charge in [-0.15, -0.1) is 0 Å². The summed E-state index contributed by atoms with van der Waals surface area (Å²) in [4.78, 5) is 38.0. The molecule has 0 aliphatic rings. The van der Waals surface area contributed by atoms with Gasteiger partial charge in [0.2, 0.25) is 0 Å². The van der Waals surface area contributed by atoms with Crippen LogP contribution in [0.5, 0.6) is 0 Å². The topological polar surface area (TPSA) is 78.9 Å². The van der Waals surface area contributed by atoms with Crippen LogP contribution in [0.3, 0.4) is 0 Å². The normalized spacial score (nSPS) is 13.2. The zero-order valence-electron chi connectivity index (χ0n) is 40.7. The predicted octanol–water partition coefficient (Wildman–Crippen LogP) is 16.7. The molecule has 1 atom stereocenters. The Morgan fingerprint density at radius 1 is 0.328 bits per heavy atom. The summed E-state index contributed by atoms with van der Waals surface area (Å²) in [5, 5.41) is 0. The molecule has 0 heterocycles. The number of unbranched alkanes of at least 4 members (excludes halogenated alkanes) is 18. The van der Waals surface area contributed by atoms with E-state index in [4.69, 9.17) is 14.2 Å². The maximum Gasteiger partial charge on any atom is 0.306 e. The Labute approximate surface area is 392 Å². The van der Waals surface area contributed by atoms with Crippen LogP contribution in [0.1, 0.15) is 194 Å². The highest BCUT2D eigenvalue weighted by atomic mass is 16.6. The van der Waals surface area contributed by atoms with E-state index in [1.54, 1.807) is 0 Å². The van der Waals surface area contributed by atoms with E-state index in [1.165, 1.54) is 57.8 Å². The van der Waals surface area contributed by atoms with E-state index in [1.807, 2.05) is 97.2 Å². The van der Waals surface area contributed by atoms with Gasteiger partial charge in [-0.25, -0.2) is 0 Å². The molecule has 0 amide bonds. The molecule has 0 aliphatic carbocycles. The zero-order valence-corrected chi connectivity index (χ0v) is 40.7. The van der Waals surface area contributed by atoms with Crippen LogP contribution in [0.15, 0.2) is 134 Å². The summed E-state index contributed by atoms with van der Waals surface area (Å²) in [5.41, 5.74) is 0. The van der Waals surface area contributed by atoms with E-state index in [2.05, 4.69) is 57.2 Å². The predicted molar refractivity (Wildman–Crippen MR) is 274 cm³/mol. The molecular weight excluding hydrogens is 793 g/mol. The number of hydrogen-bond acceptors (Lipinski definition) is 6. The van der Waals surface area contributed by atoms with Crippen molar-refractivity contribution in [2.75, 3.05) is 13.2 Å². The molecule has 358 valence electrons. The van der Waals surface area contributed by atoms with Crippen LogP contribution in [0.25, 0.3) is 0 Å². The van der Waals surface area contributed by atoms with Gasteiger partial charge in [-0.1, -0.05) is 225 Å². The molecular formula is C58H90O6. The Bertz CT molecular complexity index is 1430. The van der Waals surface area contributed by atoms with Gasteiger partial charge in [0.05, 0.1) is 0 Å². The molecule has 0 saturated heterocycles. The quantitative estimate of drug-likeness (QED) is 0.0200. The summed E-state index contributed by atoms with van der Waals surface area (Å²) in [7, 11) is 0. The summed E-state index contributed by atoms with van der Waals surface area (Å²) in [6, 6.07) is 0. The summed E-state index contributed by atoms with van der Waals surface area (Å²) in [5.74, 6) is -1.02. The average Bonchev–Trinajstić information content (AvgIpc) is 3.29. The van der Waals surface area contributed by atoms with Crippen LogP contribution in [-0.2, 0) is 28.6 Å². The smallest absolute Gasteiger partial charge is 0.306 e. The van der Waals surface area contributed by atoms with Crippen LogP contribution in [0, 0.1) is 0 Å². The van der Waals surface area contributed by atoms with Crippen molar-refractivity contribution in [3.63, 3.8) is 0 Å². The van der Waals surface area contributed by atoms with Crippen LogP contribution >= 0.6 is 0 Å². The Balaban J connectivity index is 4.57. The minimum absolute atomic E-state index is 0.121. The van der Waals surface area contributed by atoms with Crippen molar-refractivity contribution in [1.82, 2.24) is 0 Å². The second-order valence-electron chi connectivity index (χ2n) is 16.2. The minimum Gasteiger partial charge on any atom is -0.462 e. The van der Waals surface area contributed by atoms with Crippen molar-refractivity contribution in [3.8, 4) is 0 Å². The van der Waals surface area contributed by atoms with Gasteiger partial charge in [-0.3, -0.25) is 14.4 Å². The minimum atomic E-state index is -0.821. The third-order valence-corrected chi connectivity index (χ3v) is 10.1. The summed E-state index contributed by atoms with van der Waals surface area (Å²) in [6.45, 7) is 6.24. The standard InChI is InChI=1S/C58H90O6/c1-4-7-10-13-16-19-22-25-27-29-31-33-36-39-42-45-48-51-57(60)63-54-55(53-62-56(59)50-47-44-41-38-35-32-24-21-18-15-12-9-6-3)64-58(61)52-49-46-43-40-37-34-30-28-26-23-20-17-14-11-8-5-2/h7,9-10,12-13,15-16,18-19,21-22,24-25,27-33,35-36,55H,4-6,8,11,14,17,20,23,26,34,37-54H2,1-3H3/b10-7+,12-9+,16-13+,18-15+,22-19+,24-21+,27-25+,30-28+,31-29+,35-32+,36-33+. The number of esters is 3. The second-order valence-corrected chi connectivity index (χ2v) is 16.2. The van der Waals surface area contributed by atoms with Gasteiger partial charge in [-0.2, -0.15) is 0 Å². The molecule has 0 bridgehead atoms. The fourth-order valence-electron chi connectivity index (χ4n) is 6.36. The third kappa shape index (κ3) is 48.6. The van der Waals surface area contributed by atoms with E-state index >= 15 is 0 Å². The number of hydrogen-bond donors (Lipinski definition) is 0. The number of ether oxygens (including phenoxy) is 3. The Kier molecular flexibility index (Phi) is 47.6. The molecule has 0 spiro atoms. The van der Waals surface area contributed by atoms with E-state index in [-0.39, 0.29) is 31.1 Å². The van der Waals surface area contributed by atoms with Crippen molar-refractivity contribution in [2.24, 2.45) is 0 Å². The van der Waals surface area contributed by atoms with E-state index < -0.39 is 6.10 Å². The monoisotopic (exact) mass is 883 g/mol. The van der Waals surface area contributed by atoms with Crippen molar-refractivity contribution in [3.05, 3.63) is 134 Å². The third-order valence-electron chi connectivity index (χ3n) is 10.1. The first-order valence-electron chi connectivity index (χ1n) is 25.3. The van der Waals surface area contributed by atoms with Crippen LogP contribution in [0.4, 0.5) is 0 Å². The van der Waals surface area contributed by atoms with E-state index in [0.717, 1.165) is 96.3 Å². The molecule has 0 radical (unpaired) electrons. The highest BCUT2D eigenvalue weighted by Crippen LogP contribution is 2.13. The van der Waals surface area contributed by atoms with Crippen molar-refractivity contribution >= 4 is 17.9 Å². The lowest BCUT2D eigenvalue weighted by Gasteiger charge is -2.18. The molecule has 64 heavy (non-hydrogen) atoms. The van der Waals surface area contributed by atoms with Crippen LogP contribution in [0.2, 0.25) is 0 Å². The highest BCUT2D eigenvalue weighted by molar-refractivity contribution is 5.71. The molecule has 0 saturated carbocycles. The maximum atomic E-state index is 12.8. The molecule has 0 N–H and O–H groups in total. The number of carbonyl (C=O) groups is 3. The molecule has 0 aromatic rings. The number of allylic oxidation sites excluding steroid dienone is 22. The molecule has 1 unspecified atom stereocenters. The lowest BCUT2D eigenvalue weighted by Crippen LogP contribution is -2.30. The molecule has 0 aromatic heterocycles. The Hall–Kier alpha value is -4.45. The summed E-state index contributed by atoms with van der Waals surface area (Å²) in [6.07, 6.45) is 71.4. The lowest BCUT2D eigenvalue weighted by molar-refractivity contribution is -0.167. The highest BCUT2D eigenvalue weighted by Gasteiger charge is 2.19. The van der Waals surface area contributed by atoms with Gasteiger partial charge in [0.1, 0.15) is 13.2 Å². The second kappa shape index (κ2) is 51.2. The molecule has 0 aromatic carbocycles. The van der Waals surface area contributed by atoms with Crippen molar-refractivity contribution in [2.45, 2.75) is 200 Å². The van der Waals surface area contributed by atoms with E-state index in [9.17, 15) is 14.4 Å². The molecule has 0 fully saturated rings. The Morgan fingerprint density at radius 3 is 1.02 bits per heavy atom. The first kappa shape index (κ1) is 59.6. The summed E-state index contributed by atoms with van der Waals surface area (Å²) < 4.78 is 16.7. The van der Waals surface area contributed by atoms with Gasteiger partial charge in [-0.05, 0) is 83.5 Å². The number of rotatable bonds is 43. The molecule has 6 heteroatoms. The van der Waals surface area contributed by atoms with Crippen molar-refractivity contribution in [1.29, 1.82) is 0 Å². The van der Waals surface area contributed by atoms with Gasteiger partial charge in [0, 0.05) is 19.3 Å². The summed E-state index contributed by atoms with van der Waals surface area (Å²) >= 11 is 0. The zero-order chi connectivity index (χ0) is 46.5. The van der Waals surface area contributed by atoms with Crippen LogP contribution < -0.4 is 0 Å². The molecule has 0 rings (SSSR count). The maximum absolute atomic E-state index is 12.8. The van der Waals surface area contributed by atoms with Gasteiger partial charge in [0.25, 0.3) is 0 Å². The van der Waals surface area contributed by atoms with Gasteiger partial charge in [0.15, 0.2) is 6.10 Å². The van der Waals surface area contributed by atoms with Crippen molar-refractivity contribution < 1.29 is 28.6 Å². The van der Waals surface area contributed by atoms with Crippen LogP contribution in [-0.4, -0.2) is 37.2 Å². The Morgan fingerprint density at radius 2 is 0.625 bits per heavy atom. The molecule has 0 aliphatic heterocycles. The molecule has 6 nitrogen and oxygen atoms in total. The average molecular weight is 883 g/mol. The largest absolute Gasteiger partial charge is 0.462 e. The first-order valence-corrected chi connectivity index (χ1v) is 25.3. The van der Waals surface area contributed by atoms with Gasteiger partial charge >= 0.3 is 17.9 Å². The lowest BCUT2D eigenvalue weighted by atomic mass is 10.1. The SMILES string of the molecule is CC/C=C/C=C/C=C/C=C/C=C/C=C/CCCCCC(=O)OCC(COC(=O)CCCCC/C=C/C=C/C=C/C=C/CC)OC(=O)CCCCCCC/C=C/CCCCCCCCC. The van der Waals surface area contributed by atoms with E-state index in [0.29, 0.717) is 19.3 Å². The van der Waals surface area contributed by atoms with Gasteiger partial charge < -0.3 is 14.2 Å².